The van der Waals surface area contributed by atoms with Crippen LogP contribution in [-0.4, -0.2) is 41.9 Å². The molecule has 110 valence electrons. The molecule has 0 radical (unpaired) electrons. The first-order chi connectivity index (χ1) is 8.73. The summed E-state index contributed by atoms with van der Waals surface area (Å²) < 4.78 is 9.36. The summed E-state index contributed by atoms with van der Waals surface area (Å²) in [5.41, 5.74) is 0. The monoisotopic (exact) mass is 275 g/mol. The number of ether oxygens (including phenoxy) is 2. The summed E-state index contributed by atoms with van der Waals surface area (Å²) in [6, 6.07) is -0.949. The van der Waals surface area contributed by atoms with Crippen LogP contribution in [0.15, 0.2) is 0 Å². The van der Waals surface area contributed by atoms with Gasteiger partial charge in [-0.3, -0.25) is 4.79 Å². The molecule has 0 aromatic carbocycles. The number of carboxylic acid groups (broad SMARTS) is 1. The van der Waals surface area contributed by atoms with Crippen LogP contribution in [0.4, 0.5) is 4.79 Å². The zero-order valence-electron chi connectivity index (χ0n) is 11.6. The van der Waals surface area contributed by atoms with E-state index in [1.165, 1.54) is 0 Å². The minimum atomic E-state index is -1.09. The van der Waals surface area contributed by atoms with Crippen molar-refractivity contribution >= 4 is 18.0 Å². The Balaban J connectivity index is 3.99. The third kappa shape index (κ3) is 8.01. The lowest BCUT2D eigenvalue weighted by Crippen LogP contribution is -2.44. The van der Waals surface area contributed by atoms with Gasteiger partial charge in [0.25, 0.3) is 0 Å². The zero-order chi connectivity index (χ0) is 15.0. The molecule has 0 aromatic rings. The molecule has 0 aliphatic rings. The number of hydrogen-bond donors (Lipinski definition) is 2. The second-order valence-electron chi connectivity index (χ2n) is 4.64. The molecule has 19 heavy (non-hydrogen) atoms. The number of rotatable bonds is 7. The SMILES string of the molecule is CC(C)OC(=O)OCCC(=O)NC(C(=O)O)C(C)C. The van der Waals surface area contributed by atoms with Gasteiger partial charge >= 0.3 is 12.1 Å². The molecule has 0 fully saturated rings. The van der Waals surface area contributed by atoms with Gasteiger partial charge in [0.1, 0.15) is 12.6 Å². The third-order valence-electron chi connectivity index (χ3n) is 2.13. The highest BCUT2D eigenvalue weighted by Crippen LogP contribution is 2.02. The third-order valence-corrected chi connectivity index (χ3v) is 2.13. The first-order valence-corrected chi connectivity index (χ1v) is 6.09. The van der Waals surface area contributed by atoms with Gasteiger partial charge in [0, 0.05) is 0 Å². The number of nitrogens with one attached hydrogen (secondary N) is 1. The average Bonchev–Trinajstić information content (AvgIpc) is 2.23. The minimum absolute atomic E-state index is 0.107. The second-order valence-corrected chi connectivity index (χ2v) is 4.64. The molecule has 0 saturated heterocycles. The van der Waals surface area contributed by atoms with Crippen LogP contribution in [0, 0.1) is 5.92 Å². The smallest absolute Gasteiger partial charge is 0.480 e. The van der Waals surface area contributed by atoms with E-state index in [-0.39, 0.29) is 25.0 Å². The molecule has 1 amide bonds. The fraction of sp³-hybridized carbons (Fsp3) is 0.750. The predicted molar refractivity (Wildman–Crippen MR) is 66.6 cm³/mol. The molecule has 1 atom stereocenters. The fourth-order valence-electron chi connectivity index (χ4n) is 1.21. The van der Waals surface area contributed by atoms with E-state index in [2.05, 4.69) is 10.1 Å². The Labute approximate surface area is 112 Å². The van der Waals surface area contributed by atoms with Gasteiger partial charge in [-0.05, 0) is 19.8 Å². The number of aliphatic carboxylic acids is 1. The van der Waals surface area contributed by atoms with Crippen molar-refractivity contribution in [2.24, 2.45) is 5.92 Å². The molecule has 0 aromatic heterocycles. The maximum Gasteiger partial charge on any atom is 0.508 e. The molecule has 0 aliphatic carbocycles. The standard InChI is InChI=1S/C12H21NO6/c1-7(2)10(11(15)16)13-9(14)5-6-18-12(17)19-8(3)4/h7-8,10H,5-6H2,1-4H3,(H,13,14)(H,15,16). The lowest BCUT2D eigenvalue weighted by molar-refractivity contribution is -0.143. The highest BCUT2D eigenvalue weighted by atomic mass is 16.7. The van der Waals surface area contributed by atoms with E-state index in [4.69, 9.17) is 9.84 Å². The first kappa shape index (κ1) is 17.2. The summed E-state index contributed by atoms with van der Waals surface area (Å²) in [7, 11) is 0. The quantitative estimate of drug-likeness (QED) is 0.676. The molecule has 1 unspecified atom stereocenters. The minimum Gasteiger partial charge on any atom is -0.480 e. The van der Waals surface area contributed by atoms with Crippen LogP contribution in [0.5, 0.6) is 0 Å². The Morgan fingerprint density at radius 3 is 2.16 bits per heavy atom. The van der Waals surface area contributed by atoms with E-state index in [0.717, 1.165) is 0 Å². The van der Waals surface area contributed by atoms with Crippen LogP contribution in [0.25, 0.3) is 0 Å². The number of carboxylic acids is 1. The summed E-state index contributed by atoms with van der Waals surface area (Å²) in [5, 5.41) is 11.2. The van der Waals surface area contributed by atoms with Crippen molar-refractivity contribution in [3.8, 4) is 0 Å². The molecule has 7 nitrogen and oxygen atoms in total. The van der Waals surface area contributed by atoms with Crippen LogP contribution < -0.4 is 5.32 Å². The van der Waals surface area contributed by atoms with Crippen LogP contribution >= 0.6 is 0 Å². The zero-order valence-corrected chi connectivity index (χ0v) is 11.6. The molecule has 0 rings (SSSR count). The van der Waals surface area contributed by atoms with Crippen molar-refractivity contribution in [2.45, 2.75) is 46.3 Å². The van der Waals surface area contributed by atoms with Crippen LogP contribution in [0.1, 0.15) is 34.1 Å². The van der Waals surface area contributed by atoms with Crippen molar-refractivity contribution in [1.82, 2.24) is 5.32 Å². The van der Waals surface area contributed by atoms with Crippen molar-refractivity contribution in [2.75, 3.05) is 6.61 Å². The normalized spacial score (nSPS) is 12.1. The first-order valence-electron chi connectivity index (χ1n) is 6.09. The van der Waals surface area contributed by atoms with Gasteiger partial charge in [-0.1, -0.05) is 13.8 Å². The molecule has 0 aliphatic heterocycles. The van der Waals surface area contributed by atoms with Gasteiger partial charge in [0.05, 0.1) is 12.5 Å². The van der Waals surface area contributed by atoms with Gasteiger partial charge in [-0.2, -0.15) is 0 Å². The van der Waals surface area contributed by atoms with E-state index in [0.29, 0.717) is 0 Å². The van der Waals surface area contributed by atoms with Crippen LogP contribution in [0.3, 0.4) is 0 Å². The van der Waals surface area contributed by atoms with Crippen molar-refractivity contribution in [3.63, 3.8) is 0 Å². The molecule has 0 heterocycles. The van der Waals surface area contributed by atoms with Gasteiger partial charge in [0.15, 0.2) is 0 Å². The van der Waals surface area contributed by atoms with E-state index in [9.17, 15) is 14.4 Å². The van der Waals surface area contributed by atoms with E-state index in [1.54, 1.807) is 27.7 Å². The van der Waals surface area contributed by atoms with Crippen molar-refractivity contribution in [3.05, 3.63) is 0 Å². The number of carbonyl (C=O) groups is 3. The summed E-state index contributed by atoms with van der Waals surface area (Å²) in [6.07, 6.45) is -1.25. The van der Waals surface area contributed by atoms with E-state index < -0.39 is 24.1 Å². The van der Waals surface area contributed by atoms with E-state index in [1.807, 2.05) is 0 Å². The van der Waals surface area contributed by atoms with E-state index >= 15 is 0 Å². The van der Waals surface area contributed by atoms with Gasteiger partial charge in [-0.25, -0.2) is 9.59 Å². The summed E-state index contributed by atoms with van der Waals surface area (Å²) >= 11 is 0. The molecular formula is C12H21NO6. The summed E-state index contributed by atoms with van der Waals surface area (Å²) in [4.78, 5) is 33.3. The van der Waals surface area contributed by atoms with Crippen LogP contribution in [0.2, 0.25) is 0 Å². The Morgan fingerprint density at radius 2 is 1.74 bits per heavy atom. The Kier molecular flexibility index (Phi) is 7.55. The predicted octanol–water partition coefficient (Wildman–Crippen LogP) is 1.16. The molecule has 0 bridgehead atoms. The average molecular weight is 275 g/mol. The Hall–Kier alpha value is -1.79. The maximum atomic E-state index is 11.5. The van der Waals surface area contributed by atoms with Gasteiger partial charge in [-0.15, -0.1) is 0 Å². The number of hydrogen-bond acceptors (Lipinski definition) is 5. The molecule has 7 heteroatoms. The Bertz CT molecular complexity index is 326. The van der Waals surface area contributed by atoms with Gasteiger partial charge < -0.3 is 19.9 Å². The lowest BCUT2D eigenvalue weighted by atomic mass is 10.0. The topological polar surface area (TPSA) is 102 Å². The lowest BCUT2D eigenvalue weighted by Gasteiger charge is -2.17. The number of amides is 1. The molecule has 0 spiro atoms. The molecule has 0 saturated carbocycles. The Morgan fingerprint density at radius 1 is 1.16 bits per heavy atom. The maximum absolute atomic E-state index is 11.5. The van der Waals surface area contributed by atoms with Crippen molar-refractivity contribution < 1.29 is 29.0 Å². The largest absolute Gasteiger partial charge is 0.508 e. The highest BCUT2D eigenvalue weighted by Gasteiger charge is 2.23. The van der Waals surface area contributed by atoms with Gasteiger partial charge in [0.2, 0.25) is 5.91 Å². The van der Waals surface area contributed by atoms with Crippen molar-refractivity contribution in [1.29, 1.82) is 0 Å². The molecule has 2 N–H and O–H groups in total. The van der Waals surface area contributed by atoms with Crippen LogP contribution in [-0.2, 0) is 19.1 Å². The summed E-state index contributed by atoms with van der Waals surface area (Å²) in [6.45, 7) is 6.58. The molecular weight excluding hydrogens is 254 g/mol. The fourth-order valence-corrected chi connectivity index (χ4v) is 1.21. The summed E-state index contributed by atoms with van der Waals surface area (Å²) in [5.74, 6) is -1.81. The number of carbonyl (C=O) groups excluding carboxylic acids is 2. The highest BCUT2D eigenvalue weighted by molar-refractivity contribution is 5.83. The second kappa shape index (κ2) is 8.34.